The summed E-state index contributed by atoms with van der Waals surface area (Å²) in [7, 11) is 1.81. The monoisotopic (exact) mass is 398 g/mol. The first-order chi connectivity index (χ1) is 13.5. The van der Waals surface area contributed by atoms with Gasteiger partial charge in [-0.15, -0.1) is 0 Å². The molecule has 0 aliphatic carbocycles. The fourth-order valence-corrected chi connectivity index (χ4v) is 4.02. The molecule has 3 N–H and O–H groups in total. The summed E-state index contributed by atoms with van der Waals surface area (Å²) in [6, 6.07) is 11.1. The zero-order valence-electron chi connectivity index (χ0n) is 15.7. The molecule has 1 aliphatic rings. The van der Waals surface area contributed by atoms with Gasteiger partial charge in [0.2, 0.25) is 0 Å². The van der Waals surface area contributed by atoms with E-state index in [1.807, 2.05) is 31.3 Å². The molecule has 4 rings (SSSR count). The van der Waals surface area contributed by atoms with Gasteiger partial charge in [0.25, 0.3) is 5.91 Å². The van der Waals surface area contributed by atoms with Crippen LogP contribution < -0.4 is 5.32 Å². The van der Waals surface area contributed by atoms with E-state index < -0.39 is 0 Å². The number of hydrogen-bond donors (Lipinski definition) is 3. The van der Waals surface area contributed by atoms with Gasteiger partial charge in [-0.3, -0.25) is 9.89 Å². The highest BCUT2D eigenvalue weighted by Crippen LogP contribution is 2.29. The standard InChI is InChI=1S/C21H23ClN4O2/c1-26(15-5-7-23-8-6-15)21(28)17-11-16-18(24-25-19(16)12-20(17)27)10-13-3-2-4-14(22)9-13/h2-4,9,11-12,15,23,27H,5-8,10H2,1H3,(H,24,25). The maximum atomic E-state index is 13.0. The van der Waals surface area contributed by atoms with Crippen LogP contribution in [0.25, 0.3) is 10.9 Å². The number of benzene rings is 2. The van der Waals surface area contributed by atoms with E-state index in [1.54, 1.807) is 17.0 Å². The number of rotatable bonds is 4. The van der Waals surface area contributed by atoms with Crippen molar-refractivity contribution in [2.45, 2.75) is 25.3 Å². The van der Waals surface area contributed by atoms with Crippen molar-refractivity contribution >= 4 is 28.4 Å². The maximum absolute atomic E-state index is 13.0. The van der Waals surface area contributed by atoms with Gasteiger partial charge in [-0.1, -0.05) is 23.7 Å². The Balaban J connectivity index is 1.65. The second kappa shape index (κ2) is 7.81. The number of hydrogen-bond acceptors (Lipinski definition) is 4. The van der Waals surface area contributed by atoms with Gasteiger partial charge in [-0.25, -0.2) is 0 Å². The zero-order valence-corrected chi connectivity index (χ0v) is 16.5. The summed E-state index contributed by atoms with van der Waals surface area (Å²) < 4.78 is 0. The van der Waals surface area contributed by atoms with Crippen LogP contribution in [0.5, 0.6) is 5.75 Å². The van der Waals surface area contributed by atoms with Crippen molar-refractivity contribution in [1.29, 1.82) is 0 Å². The number of aromatic amines is 1. The lowest BCUT2D eigenvalue weighted by atomic mass is 10.0. The average molecular weight is 399 g/mol. The summed E-state index contributed by atoms with van der Waals surface area (Å²) in [5.41, 5.74) is 2.86. The molecule has 1 aromatic heterocycles. The lowest BCUT2D eigenvalue weighted by molar-refractivity contribution is 0.0700. The lowest BCUT2D eigenvalue weighted by Gasteiger charge is -2.31. The molecule has 0 unspecified atom stereocenters. The van der Waals surface area contributed by atoms with E-state index in [0.717, 1.165) is 42.6 Å². The number of amides is 1. The van der Waals surface area contributed by atoms with Crippen LogP contribution in [-0.4, -0.2) is 52.3 Å². The molecule has 2 heterocycles. The van der Waals surface area contributed by atoms with Crippen molar-refractivity contribution in [1.82, 2.24) is 20.4 Å². The van der Waals surface area contributed by atoms with Crippen molar-refractivity contribution in [2.24, 2.45) is 0 Å². The molecule has 0 bridgehead atoms. The number of phenols is 1. The molecule has 3 aromatic rings. The largest absolute Gasteiger partial charge is 0.507 e. The minimum atomic E-state index is -0.166. The Hall–Kier alpha value is -2.57. The first-order valence-corrected chi connectivity index (χ1v) is 9.83. The highest BCUT2D eigenvalue weighted by molar-refractivity contribution is 6.30. The minimum absolute atomic E-state index is 0.0313. The second-order valence-corrected chi connectivity index (χ2v) is 7.73. The van der Waals surface area contributed by atoms with Crippen LogP contribution in [0.1, 0.15) is 34.5 Å². The maximum Gasteiger partial charge on any atom is 0.257 e. The molecular formula is C21H23ClN4O2. The highest BCUT2D eigenvalue weighted by atomic mass is 35.5. The molecule has 1 aliphatic heterocycles. The molecule has 28 heavy (non-hydrogen) atoms. The van der Waals surface area contributed by atoms with Crippen LogP contribution in [0.15, 0.2) is 36.4 Å². The van der Waals surface area contributed by atoms with Gasteiger partial charge < -0.3 is 15.3 Å². The van der Waals surface area contributed by atoms with E-state index in [4.69, 9.17) is 11.6 Å². The molecule has 146 valence electrons. The van der Waals surface area contributed by atoms with Gasteiger partial charge in [-0.2, -0.15) is 5.10 Å². The molecule has 1 fully saturated rings. The fraction of sp³-hybridized carbons (Fsp3) is 0.333. The van der Waals surface area contributed by atoms with E-state index >= 15 is 0 Å². The Morgan fingerprint density at radius 2 is 2.07 bits per heavy atom. The number of aromatic hydroxyl groups is 1. The third-order valence-electron chi connectivity index (χ3n) is 5.43. The SMILES string of the molecule is CN(C(=O)c1cc2c(Cc3cccc(Cl)c3)n[nH]c2cc1O)C1CCNCC1. The zero-order chi connectivity index (χ0) is 19.7. The molecule has 1 amide bonds. The molecule has 0 atom stereocenters. The third kappa shape index (κ3) is 3.70. The van der Waals surface area contributed by atoms with Crippen molar-refractivity contribution < 1.29 is 9.90 Å². The minimum Gasteiger partial charge on any atom is -0.507 e. The molecular weight excluding hydrogens is 376 g/mol. The highest BCUT2D eigenvalue weighted by Gasteiger charge is 2.25. The number of nitrogens with zero attached hydrogens (tertiary/aromatic N) is 2. The average Bonchev–Trinajstić information content (AvgIpc) is 3.08. The van der Waals surface area contributed by atoms with Crippen molar-refractivity contribution in [2.75, 3.05) is 20.1 Å². The summed E-state index contributed by atoms with van der Waals surface area (Å²) in [4.78, 5) is 14.8. The van der Waals surface area contributed by atoms with Gasteiger partial charge in [0.15, 0.2) is 0 Å². The number of fused-ring (bicyclic) bond motifs is 1. The number of halogens is 1. The van der Waals surface area contributed by atoms with E-state index in [9.17, 15) is 9.90 Å². The Morgan fingerprint density at radius 1 is 1.29 bits per heavy atom. The molecule has 2 aromatic carbocycles. The van der Waals surface area contributed by atoms with Gasteiger partial charge in [0.1, 0.15) is 5.75 Å². The Morgan fingerprint density at radius 3 is 2.82 bits per heavy atom. The molecule has 7 heteroatoms. The van der Waals surface area contributed by atoms with E-state index in [1.165, 1.54) is 0 Å². The van der Waals surface area contributed by atoms with Crippen LogP contribution in [0.3, 0.4) is 0 Å². The topological polar surface area (TPSA) is 81.2 Å². The van der Waals surface area contributed by atoms with Crippen molar-refractivity contribution in [3.05, 3.63) is 58.2 Å². The van der Waals surface area contributed by atoms with Crippen LogP contribution in [0.4, 0.5) is 0 Å². The quantitative estimate of drug-likeness (QED) is 0.629. The van der Waals surface area contributed by atoms with Crippen LogP contribution >= 0.6 is 11.6 Å². The number of H-pyrrole nitrogens is 1. The predicted octanol–water partition coefficient (Wildman–Crippen LogP) is 3.34. The van der Waals surface area contributed by atoms with Crippen LogP contribution in [0, 0.1) is 0 Å². The smallest absolute Gasteiger partial charge is 0.257 e. The second-order valence-electron chi connectivity index (χ2n) is 7.29. The molecule has 1 saturated heterocycles. The van der Waals surface area contributed by atoms with E-state index in [-0.39, 0.29) is 17.7 Å². The van der Waals surface area contributed by atoms with Crippen LogP contribution in [0.2, 0.25) is 5.02 Å². The number of phenolic OH excluding ortho intramolecular Hbond substituents is 1. The summed E-state index contributed by atoms with van der Waals surface area (Å²) in [6.07, 6.45) is 2.41. The van der Waals surface area contributed by atoms with Crippen molar-refractivity contribution in [3.8, 4) is 5.75 Å². The van der Waals surface area contributed by atoms with Gasteiger partial charge >= 0.3 is 0 Å². The van der Waals surface area contributed by atoms with Crippen LogP contribution in [-0.2, 0) is 6.42 Å². The fourth-order valence-electron chi connectivity index (χ4n) is 3.80. The van der Waals surface area contributed by atoms with E-state index in [2.05, 4.69) is 15.5 Å². The third-order valence-corrected chi connectivity index (χ3v) is 5.66. The number of aromatic nitrogens is 2. The Labute approximate surface area is 168 Å². The van der Waals surface area contributed by atoms with Gasteiger partial charge in [0.05, 0.1) is 16.8 Å². The van der Waals surface area contributed by atoms with Gasteiger partial charge in [-0.05, 0) is 49.7 Å². The Bertz CT molecular complexity index is 1010. The summed E-state index contributed by atoms with van der Waals surface area (Å²) in [5.74, 6) is -0.197. The molecule has 0 saturated carbocycles. The number of carbonyl (C=O) groups excluding carboxylic acids is 1. The van der Waals surface area contributed by atoms with E-state index in [0.29, 0.717) is 22.5 Å². The lowest BCUT2D eigenvalue weighted by Crippen LogP contribution is -2.43. The number of piperidine rings is 1. The van der Waals surface area contributed by atoms with Gasteiger partial charge in [0, 0.05) is 36.0 Å². The Kier molecular flexibility index (Phi) is 5.24. The number of carbonyl (C=O) groups is 1. The number of nitrogens with one attached hydrogen (secondary N) is 2. The molecule has 6 nitrogen and oxygen atoms in total. The normalized spacial score (nSPS) is 15.1. The summed E-state index contributed by atoms with van der Waals surface area (Å²) in [6.45, 7) is 1.80. The molecule has 0 spiro atoms. The summed E-state index contributed by atoms with van der Waals surface area (Å²) >= 11 is 6.08. The predicted molar refractivity (Wildman–Crippen MR) is 110 cm³/mol. The first kappa shape index (κ1) is 18.8. The van der Waals surface area contributed by atoms with Crippen molar-refractivity contribution in [3.63, 3.8) is 0 Å². The summed E-state index contributed by atoms with van der Waals surface area (Å²) in [5, 5.41) is 22.6. The molecule has 0 radical (unpaired) electrons. The first-order valence-electron chi connectivity index (χ1n) is 9.45.